The van der Waals surface area contributed by atoms with E-state index in [-0.39, 0.29) is 11.2 Å². The van der Waals surface area contributed by atoms with Crippen LogP contribution in [0.1, 0.15) is 17.2 Å². The molecule has 2 N–H and O–H groups in total. The van der Waals surface area contributed by atoms with Crippen molar-refractivity contribution in [3.05, 3.63) is 65.2 Å². The Kier molecular flexibility index (Phi) is 5.82. The van der Waals surface area contributed by atoms with Crippen molar-refractivity contribution in [1.29, 1.82) is 0 Å². The topological polar surface area (TPSA) is 46.3 Å². The van der Waals surface area contributed by atoms with Gasteiger partial charge in [0.1, 0.15) is 5.25 Å². The van der Waals surface area contributed by atoms with Gasteiger partial charge in [0.15, 0.2) is 0 Å². The van der Waals surface area contributed by atoms with E-state index in [1.807, 2.05) is 59.5 Å². The standard InChI is InChI=1S/C19H21ClN2OS/c20-16-8-4-5-9-17(16)24-18(15-6-2-1-3-7-15)19(23)22-11-10-14(12-21)13-22/h1-9,14,18H,10-13,21H2. The van der Waals surface area contributed by atoms with Gasteiger partial charge in [-0.05, 0) is 36.6 Å². The fourth-order valence-electron chi connectivity index (χ4n) is 2.95. The highest BCUT2D eigenvalue weighted by atomic mass is 35.5. The molecule has 2 aromatic rings. The molecule has 1 aliphatic rings. The van der Waals surface area contributed by atoms with Gasteiger partial charge in [0.2, 0.25) is 5.91 Å². The van der Waals surface area contributed by atoms with Gasteiger partial charge in [-0.25, -0.2) is 0 Å². The maximum absolute atomic E-state index is 13.1. The summed E-state index contributed by atoms with van der Waals surface area (Å²) in [4.78, 5) is 16.0. The highest BCUT2D eigenvalue weighted by molar-refractivity contribution is 8.00. The Balaban J connectivity index is 1.85. The molecule has 2 aromatic carbocycles. The summed E-state index contributed by atoms with van der Waals surface area (Å²) in [6.07, 6.45) is 0.987. The summed E-state index contributed by atoms with van der Waals surface area (Å²) in [6, 6.07) is 17.6. The molecule has 2 unspecified atom stereocenters. The molecule has 1 saturated heterocycles. The zero-order valence-corrected chi connectivity index (χ0v) is 15.0. The number of hydrogen-bond donors (Lipinski definition) is 1. The number of nitrogens with zero attached hydrogens (tertiary/aromatic N) is 1. The van der Waals surface area contributed by atoms with Crippen molar-refractivity contribution in [2.75, 3.05) is 19.6 Å². The molecule has 2 atom stereocenters. The van der Waals surface area contributed by atoms with Crippen molar-refractivity contribution < 1.29 is 4.79 Å². The quantitative estimate of drug-likeness (QED) is 0.820. The summed E-state index contributed by atoms with van der Waals surface area (Å²) >= 11 is 7.82. The van der Waals surface area contributed by atoms with Crippen LogP contribution in [0, 0.1) is 5.92 Å². The van der Waals surface area contributed by atoms with Crippen LogP contribution in [-0.4, -0.2) is 30.4 Å². The molecule has 0 bridgehead atoms. The van der Waals surface area contributed by atoms with E-state index in [2.05, 4.69) is 0 Å². The van der Waals surface area contributed by atoms with Crippen LogP contribution in [0.4, 0.5) is 0 Å². The Hall–Kier alpha value is -1.49. The molecule has 1 aliphatic heterocycles. The Bertz CT molecular complexity index is 695. The lowest BCUT2D eigenvalue weighted by atomic mass is 10.1. The minimum atomic E-state index is -0.289. The van der Waals surface area contributed by atoms with Gasteiger partial charge in [-0.1, -0.05) is 54.1 Å². The van der Waals surface area contributed by atoms with Gasteiger partial charge in [-0.15, -0.1) is 11.8 Å². The summed E-state index contributed by atoms with van der Waals surface area (Å²) in [6.45, 7) is 2.17. The van der Waals surface area contributed by atoms with E-state index < -0.39 is 0 Å². The third kappa shape index (κ3) is 3.94. The largest absolute Gasteiger partial charge is 0.341 e. The average Bonchev–Trinajstić information content (AvgIpc) is 3.10. The number of hydrogen-bond acceptors (Lipinski definition) is 3. The Morgan fingerprint density at radius 3 is 2.58 bits per heavy atom. The second kappa shape index (κ2) is 8.06. The van der Waals surface area contributed by atoms with Crippen LogP contribution in [-0.2, 0) is 4.79 Å². The van der Waals surface area contributed by atoms with Crippen molar-refractivity contribution in [2.45, 2.75) is 16.6 Å². The SMILES string of the molecule is NCC1CCN(C(=O)C(Sc2ccccc2Cl)c2ccccc2)C1. The molecule has 126 valence electrons. The summed E-state index contributed by atoms with van der Waals surface area (Å²) in [5, 5.41) is 0.389. The van der Waals surface area contributed by atoms with E-state index in [9.17, 15) is 4.79 Å². The van der Waals surface area contributed by atoms with Crippen molar-refractivity contribution in [1.82, 2.24) is 4.90 Å². The molecule has 1 fully saturated rings. The average molecular weight is 361 g/mol. The van der Waals surface area contributed by atoms with Gasteiger partial charge in [0, 0.05) is 18.0 Å². The first-order chi connectivity index (χ1) is 11.7. The van der Waals surface area contributed by atoms with E-state index in [4.69, 9.17) is 17.3 Å². The maximum atomic E-state index is 13.1. The molecule has 0 radical (unpaired) electrons. The lowest BCUT2D eigenvalue weighted by molar-refractivity contribution is -0.129. The van der Waals surface area contributed by atoms with Crippen LogP contribution in [0.5, 0.6) is 0 Å². The van der Waals surface area contributed by atoms with Crippen molar-refractivity contribution in [3.8, 4) is 0 Å². The first-order valence-electron chi connectivity index (χ1n) is 8.14. The van der Waals surface area contributed by atoms with E-state index >= 15 is 0 Å². The van der Waals surface area contributed by atoms with Gasteiger partial charge in [0.05, 0.1) is 5.02 Å². The lowest BCUT2D eigenvalue weighted by Crippen LogP contribution is -2.33. The number of carbonyl (C=O) groups excluding carboxylic acids is 1. The lowest BCUT2D eigenvalue weighted by Gasteiger charge is -2.24. The minimum absolute atomic E-state index is 0.141. The van der Waals surface area contributed by atoms with Crippen molar-refractivity contribution >= 4 is 29.3 Å². The molecule has 0 aromatic heterocycles. The molecule has 1 amide bonds. The summed E-state index contributed by atoms with van der Waals surface area (Å²) < 4.78 is 0. The monoisotopic (exact) mass is 360 g/mol. The predicted molar refractivity (Wildman–Crippen MR) is 100 cm³/mol. The third-order valence-corrected chi connectivity index (χ3v) is 6.10. The number of halogens is 1. The third-order valence-electron chi connectivity index (χ3n) is 4.34. The van der Waals surface area contributed by atoms with Crippen LogP contribution in [0.3, 0.4) is 0 Å². The number of nitrogens with two attached hydrogens (primary N) is 1. The number of carbonyl (C=O) groups is 1. The fraction of sp³-hybridized carbons (Fsp3) is 0.316. The number of thioether (sulfide) groups is 1. The molecule has 5 heteroatoms. The zero-order chi connectivity index (χ0) is 16.9. The van der Waals surface area contributed by atoms with Crippen LogP contribution in [0.25, 0.3) is 0 Å². The molecule has 0 spiro atoms. The summed E-state index contributed by atoms with van der Waals surface area (Å²) in [5.74, 6) is 0.553. The first kappa shape index (κ1) is 17.3. The normalized spacial score (nSPS) is 18.6. The maximum Gasteiger partial charge on any atom is 0.240 e. The number of benzene rings is 2. The first-order valence-corrected chi connectivity index (χ1v) is 9.39. The zero-order valence-electron chi connectivity index (χ0n) is 13.4. The van der Waals surface area contributed by atoms with E-state index in [0.29, 0.717) is 17.5 Å². The van der Waals surface area contributed by atoms with Gasteiger partial charge in [-0.2, -0.15) is 0 Å². The van der Waals surface area contributed by atoms with Crippen LogP contribution >= 0.6 is 23.4 Å². The van der Waals surface area contributed by atoms with E-state index in [0.717, 1.165) is 30.0 Å². The smallest absolute Gasteiger partial charge is 0.240 e. The second-order valence-corrected chi connectivity index (χ2v) is 7.57. The van der Waals surface area contributed by atoms with E-state index in [1.165, 1.54) is 11.8 Å². The van der Waals surface area contributed by atoms with E-state index in [1.54, 1.807) is 0 Å². The number of amides is 1. The second-order valence-electron chi connectivity index (χ2n) is 6.01. The number of rotatable bonds is 5. The number of likely N-dealkylation sites (tertiary alicyclic amines) is 1. The highest BCUT2D eigenvalue weighted by Gasteiger charge is 2.32. The molecule has 0 saturated carbocycles. The summed E-state index contributed by atoms with van der Waals surface area (Å²) in [7, 11) is 0. The molecule has 3 rings (SSSR count). The van der Waals surface area contributed by atoms with Gasteiger partial charge in [0.25, 0.3) is 0 Å². The van der Waals surface area contributed by atoms with Crippen LogP contribution < -0.4 is 5.73 Å². The Labute approximate surface area is 152 Å². The Morgan fingerprint density at radius 1 is 1.21 bits per heavy atom. The molecule has 3 nitrogen and oxygen atoms in total. The summed E-state index contributed by atoms with van der Waals surface area (Å²) in [5.41, 5.74) is 6.77. The van der Waals surface area contributed by atoms with Gasteiger partial charge >= 0.3 is 0 Å². The predicted octanol–water partition coefficient (Wildman–Crippen LogP) is 3.98. The van der Waals surface area contributed by atoms with Crippen LogP contribution in [0.2, 0.25) is 5.02 Å². The van der Waals surface area contributed by atoms with Crippen LogP contribution in [0.15, 0.2) is 59.5 Å². The molecule has 0 aliphatic carbocycles. The Morgan fingerprint density at radius 2 is 1.92 bits per heavy atom. The van der Waals surface area contributed by atoms with Crippen molar-refractivity contribution in [2.24, 2.45) is 11.7 Å². The van der Waals surface area contributed by atoms with Crippen molar-refractivity contribution in [3.63, 3.8) is 0 Å². The fourth-order valence-corrected chi connectivity index (χ4v) is 4.35. The highest BCUT2D eigenvalue weighted by Crippen LogP contribution is 2.40. The molecular weight excluding hydrogens is 340 g/mol. The molecular formula is C19H21ClN2OS. The van der Waals surface area contributed by atoms with Gasteiger partial charge in [-0.3, -0.25) is 4.79 Å². The van der Waals surface area contributed by atoms with Gasteiger partial charge < -0.3 is 10.6 Å². The molecule has 24 heavy (non-hydrogen) atoms. The minimum Gasteiger partial charge on any atom is -0.341 e. The molecule has 1 heterocycles.